The van der Waals surface area contributed by atoms with E-state index in [1.165, 1.54) is 6.07 Å². The average Bonchev–Trinajstić information content (AvgIpc) is 2.17. The topological polar surface area (TPSA) is 89.4 Å². The van der Waals surface area contributed by atoms with Gasteiger partial charge in [0.05, 0.1) is 17.6 Å². The van der Waals surface area contributed by atoms with E-state index < -0.39 is 22.5 Å². The van der Waals surface area contributed by atoms with Crippen molar-refractivity contribution >= 4 is 5.69 Å². The fraction of sp³-hybridized carbons (Fsp3) is 0.250. The Bertz CT molecular complexity index is 356. The third-order valence-electron chi connectivity index (χ3n) is 1.79. The number of aliphatic hydroxyl groups excluding tert-OH is 1. The van der Waals surface area contributed by atoms with Crippen LogP contribution in [0.2, 0.25) is 0 Å². The number of hydrogen-bond donors (Lipinski definition) is 2. The Morgan fingerprint density at radius 2 is 2.29 bits per heavy atom. The van der Waals surface area contributed by atoms with Crippen molar-refractivity contribution in [3.63, 3.8) is 0 Å². The van der Waals surface area contributed by atoms with Crippen LogP contribution in [0.1, 0.15) is 11.6 Å². The van der Waals surface area contributed by atoms with E-state index in [1.807, 2.05) is 0 Å². The van der Waals surface area contributed by atoms with Crippen molar-refractivity contribution in [3.05, 3.63) is 39.7 Å². The third-order valence-corrected chi connectivity index (χ3v) is 1.79. The van der Waals surface area contributed by atoms with Crippen LogP contribution in [-0.2, 0) is 0 Å². The molecule has 5 nitrogen and oxygen atoms in total. The van der Waals surface area contributed by atoms with Crippen LogP contribution in [0.3, 0.4) is 0 Å². The van der Waals surface area contributed by atoms with Gasteiger partial charge in [-0.25, -0.2) is 0 Å². The van der Waals surface area contributed by atoms with Gasteiger partial charge in [0.15, 0.2) is 0 Å². The summed E-state index contributed by atoms with van der Waals surface area (Å²) in [6, 6.07) is 2.57. The number of nitro groups is 1. The highest BCUT2D eigenvalue weighted by molar-refractivity contribution is 5.37. The van der Waals surface area contributed by atoms with Crippen molar-refractivity contribution < 1.29 is 14.4 Å². The fourth-order valence-electron chi connectivity index (χ4n) is 1.01. The van der Waals surface area contributed by atoms with Crippen molar-refractivity contribution in [2.24, 2.45) is 5.73 Å². The molecule has 76 valence electrons. The summed E-state index contributed by atoms with van der Waals surface area (Å²) in [5.41, 5.74) is 5.12. The fourth-order valence-corrected chi connectivity index (χ4v) is 1.01. The molecule has 0 spiro atoms. The molecular weight excluding hydrogens is 191 g/mol. The van der Waals surface area contributed by atoms with Gasteiger partial charge in [0.2, 0.25) is 5.82 Å². The van der Waals surface area contributed by atoms with Crippen LogP contribution in [0.25, 0.3) is 0 Å². The Morgan fingerprint density at radius 3 is 2.79 bits per heavy atom. The van der Waals surface area contributed by atoms with Crippen molar-refractivity contribution in [2.75, 3.05) is 6.61 Å². The lowest BCUT2D eigenvalue weighted by Gasteiger charge is -2.07. The standard InChI is InChI=1S/C8H9FN2O3/c9-6-2-1-5(7(10)4-12)3-8(6)11(13)14/h1-3,7,12H,4,10H2. The Morgan fingerprint density at radius 1 is 1.64 bits per heavy atom. The van der Waals surface area contributed by atoms with E-state index in [9.17, 15) is 14.5 Å². The molecule has 14 heavy (non-hydrogen) atoms. The molecule has 0 aliphatic carbocycles. The van der Waals surface area contributed by atoms with Gasteiger partial charge in [-0.15, -0.1) is 0 Å². The minimum atomic E-state index is -0.913. The number of nitro benzene ring substituents is 1. The van der Waals surface area contributed by atoms with E-state index in [0.29, 0.717) is 5.56 Å². The molecule has 3 N–H and O–H groups in total. The third kappa shape index (κ3) is 2.04. The molecule has 1 aromatic rings. The van der Waals surface area contributed by atoms with Crippen molar-refractivity contribution in [2.45, 2.75) is 6.04 Å². The zero-order valence-corrected chi connectivity index (χ0v) is 7.18. The largest absolute Gasteiger partial charge is 0.394 e. The summed E-state index contributed by atoms with van der Waals surface area (Å²) in [6.07, 6.45) is 0. The van der Waals surface area contributed by atoms with Crippen molar-refractivity contribution in [1.29, 1.82) is 0 Å². The van der Waals surface area contributed by atoms with Gasteiger partial charge >= 0.3 is 5.69 Å². The van der Waals surface area contributed by atoms with Gasteiger partial charge in [0, 0.05) is 6.07 Å². The normalized spacial score (nSPS) is 12.5. The molecule has 0 fully saturated rings. The van der Waals surface area contributed by atoms with Gasteiger partial charge in [0.1, 0.15) is 0 Å². The second-order valence-corrected chi connectivity index (χ2v) is 2.76. The summed E-state index contributed by atoms with van der Waals surface area (Å²) in [4.78, 5) is 9.52. The van der Waals surface area contributed by atoms with E-state index in [0.717, 1.165) is 12.1 Å². The Labute approximate surface area is 79.1 Å². The van der Waals surface area contributed by atoms with Gasteiger partial charge < -0.3 is 10.8 Å². The van der Waals surface area contributed by atoms with Crippen LogP contribution < -0.4 is 5.73 Å². The molecule has 6 heteroatoms. The van der Waals surface area contributed by atoms with E-state index >= 15 is 0 Å². The Kier molecular flexibility index (Phi) is 3.10. The average molecular weight is 200 g/mol. The molecule has 0 saturated heterocycles. The van der Waals surface area contributed by atoms with Gasteiger partial charge in [-0.1, -0.05) is 6.07 Å². The van der Waals surface area contributed by atoms with Gasteiger partial charge in [-0.3, -0.25) is 10.1 Å². The molecule has 0 radical (unpaired) electrons. The van der Waals surface area contributed by atoms with Crippen LogP contribution in [0.5, 0.6) is 0 Å². The maximum atomic E-state index is 12.8. The number of halogens is 1. The first kappa shape index (κ1) is 10.6. The number of rotatable bonds is 3. The Balaban J connectivity index is 3.12. The van der Waals surface area contributed by atoms with Gasteiger partial charge in [0.25, 0.3) is 0 Å². The molecule has 1 unspecified atom stereocenters. The summed E-state index contributed by atoms with van der Waals surface area (Å²) in [7, 11) is 0. The molecule has 0 amide bonds. The second-order valence-electron chi connectivity index (χ2n) is 2.76. The smallest absolute Gasteiger partial charge is 0.305 e. The summed E-state index contributed by atoms with van der Waals surface area (Å²) >= 11 is 0. The molecular formula is C8H9FN2O3. The first-order valence-corrected chi connectivity index (χ1v) is 3.86. The maximum Gasteiger partial charge on any atom is 0.305 e. The molecule has 0 bridgehead atoms. The van der Waals surface area contributed by atoms with Crippen LogP contribution in [0.15, 0.2) is 18.2 Å². The Hall–Kier alpha value is -1.53. The van der Waals surface area contributed by atoms with E-state index in [1.54, 1.807) is 0 Å². The highest BCUT2D eigenvalue weighted by atomic mass is 19.1. The number of nitrogens with zero attached hydrogens (tertiary/aromatic N) is 1. The van der Waals surface area contributed by atoms with Gasteiger partial charge in [-0.2, -0.15) is 4.39 Å². The zero-order chi connectivity index (χ0) is 10.7. The van der Waals surface area contributed by atoms with Crippen LogP contribution in [0, 0.1) is 15.9 Å². The molecule has 0 aliphatic rings. The summed E-state index contributed by atoms with van der Waals surface area (Å²) < 4.78 is 12.8. The SMILES string of the molecule is NC(CO)c1ccc(F)c([N+](=O)[O-])c1. The summed E-state index contributed by atoms with van der Waals surface area (Å²) in [5.74, 6) is -0.913. The van der Waals surface area contributed by atoms with E-state index in [2.05, 4.69) is 0 Å². The highest BCUT2D eigenvalue weighted by Crippen LogP contribution is 2.21. The molecule has 0 saturated carbocycles. The molecule has 1 aromatic carbocycles. The lowest BCUT2D eigenvalue weighted by atomic mass is 10.1. The molecule has 0 aromatic heterocycles. The van der Waals surface area contributed by atoms with Crippen LogP contribution in [-0.4, -0.2) is 16.6 Å². The zero-order valence-electron chi connectivity index (χ0n) is 7.18. The first-order valence-electron chi connectivity index (χ1n) is 3.86. The number of nitrogens with two attached hydrogens (primary N) is 1. The quantitative estimate of drug-likeness (QED) is 0.555. The predicted molar refractivity (Wildman–Crippen MR) is 47.1 cm³/mol. The molecule has 1 atom stereocenters. The van der Waals surface area contributed by atoms with Crippen molar-refractivity contribution in [3.8, 4) is 0 Å². The number of hydrogen-bond acceptors (Lipinski definition) is 4. The van der Waals surface area contributed by atoms with E-state index in [4.69, 9.17) is 10.8 Å². The molecule has 0 heterocycles. The monoisotopic (exact) mass is 200 g/mol. The molecule has 1 rings (SSSR count). The van der Waals surface area contributed by atoms with Crippen LogP contribution in [0.4, 0.5) is 10.1 Å². The predicted octanol–water partition coefficient (Wildman–Crippen LogP) is 0.726. The maximum absolute atomic E-state index is 12.8. The number of benzene rings is 1. The minimum absolute atomic E-state index is 0.334. The van der Waals surface area contributed by atoms with E-state index in [-0.39, 0.29) is 6.61 Å². The lowest BCUT2D eigenvalue weighted by Crippen LogP contribution is -2.14. The summed E-state index contributed by atoms with van der Waals surface area (Å²) in [5, 5.41) is 19.0. The second kappa shape index (κ2) is 4.12. The lowest BCUT2D eigenvalue weighted by molar-refractivity contribution is -0.387. The van der Waals surface area contributed by atoms with Gasteiger partial charge in [-0.05, 0) is 11.6 Å². The highest BCUT2D eigenvalue weighted by Gasteiger charge is 2.16. The minimum Gasteiger partial charge on any atom is -0.394 e. The van der Waals surface area contributed by atoms with Crippen molar-refractivity contribution in [1.82, 2.24) is 0 Å². The summed E-state index contributed by atoms with van der Waals surface area (Å²) in [6.45, 7) is -0.344. The first-order chi connectivity index (χ1) is 6.56. The van der Waals surface area contributed by atoms with Crippen LogP contribution >= 0.6 is 0 Å². The molecule has 0 aliphatic heterocycles. The number of aliphatic hydroxyl groups is 1.